The highest BCUT2D eigenvalue weighted by molar-refractivity contribution is 5.99. The van der Waals surface area contributed by atoms with Crippen molar-refractivity contribution in [2.24, 2.45) is 10.7 Å². The molecule has 2 N–H and O–H groups in total. The number of benzene rings is 1. The van der Waals surface area contributed by atoms with Gasteiger partial charge in [0.1, 0.15) is 5.84 Å². The standard InChI is InChI=1S/C12H17N3/c1-10-2-4-11(5-3-10)12-14-7-9-15(12)8-6-13/h2-5H,6-9,13H2,1H3. The predicted octanol–water partition coefficient (Wildman–Crippen LogP) is 1.02. The van der Waals surface area contributed by atoms with Crippen molar-refractivity contribution in [3.8, 4) is 0 Å². The van der Waals surface area contributed by atoms with Gasteiger partial charge in [0.05, 0.1) is 6.54 Å². The molecule has 1 aliphatic rings. The van der Waals surface area contributed by atoms with E-state index >= 15 is 0 Å². The Hall–Kier alpha value is -1.35. The predicted molar refractivity (Wildman–Crippen MR) is 63.2 cm³/mol. The zero-order chi connectivity index (χ0) is 10.7. The van der Waals surface area contributed by atoms with Crippen LogP contribution in [0.2, 0.25) is 0 Å². The number of nitrogens with two attached hydrogens (primary N) is 1. The molecular formula is C12H17N3. The zero-order valence-electron chi connectivity index (χ0n) is 9.11. The first-order chi connectivity index (χ1) is 7.31. The summed E-state index contributed by atoms with van der Waals surface area (Å²) in [5.41, 5.74) is 8.06. The highest BCUT2D eigenvalue weighted by Crippen LogP contribution is 2.11. The fourth-order valence-corrected chi connectivity index (χ4v) is 1.83. The molecule has 0 saturated heterocycles. The van der Waals surface area contributed by atoms with Gasteiger partial charge in [-0.15, -0.1) is 0 Å². The van der Waals surface area contributed by atoms with Crippen molar-refractivity contribution < 1.29 is 0 Å². The van der Waals surface area contributed by atoms with Gasteiger partial charge in [0.2, 0.25) is 0 Å². The molecule has 0 fully saturated rings. The SMILES string of the molecule is Cc1ccc(C2=NCCN2CCN)cc1. The van der Waals surface area contributed by atoms with Crippen molar-refractivity contribution in [3.63, 3.8) is 0 Å². The van der Waals surface area contributed by atoms with Gasteiger partial charge in [-0.05, 0) is 6.92 Å². The number of hydrogen-bond donors (Lipinski definition) is 1. The van der Waals surface area contributed by atoms with Gasteiger partial charge in [0, 0.05) is 25.2 Å². The van der Waals surface area contributed by atoms with Gasteiger partial charge in [-0.25, -0.2) is 0 Å². The normalized spacial score (nSPS) is 15.6. The molecule has 1 aromatic rings. The Morgan fingerprint density at radius 1 is 1.33 bits per heavy atom. The number of aryl methyl sites for hydroxylation is 1. The topological polar surface area (TPSA) is 41.6 Å². The van der Waals surface area contributed by atoms with Crippen molar-refractivity contribution in [2.45, 2.75) is 6.92 Å². The number of hydrogen-bond acceptors (Lipinski definition) is 3. The maximum absolute atomic E-state index is 5.58. The van der Waals surface area contributed by atoms with E-state index in [0.717, 1.165) is 25.5 Å². The average Bonchev–Trinajstić information content (AvgIpc) is 2.68. The van der Waals surface area contributed by atoms with Crippen LogP contribution in [0.25, 0.3) is 0 Å². The fourth-order valence-electron chi connectivity index (χ4n) is 1.83. The van der Waals surface area contributed by atoms with Crippen LogP contribution >= 0.6 is 0 Å². The Balaban J connectivity index is 2.19. The molecule has 1 aliphatic heterocycles. The summed E-state index contributed by atoms with van der Waals surface area (Å²) in [5, 5.41) is 0. The van der Waals surface area contributed by atoms with Crippen molar-refractivity contribution in [1.82, 2.24) is 4.90 Å². The number of aliphatic imine (C=N–C) groups is 1. The second-order valence-electron chi connectivity index (χ2n) is 3.85. The summed E-state index contributed by atoms with van der Waals surface area (Å²) in [6, 6.07) is 8.50. The van der Waals surface area contributed by atoms with E-state index in [-0.39, 0.29) is 0 Å². The monoisotopic (exact) mass is 203 g/mol. The molecule has 0 spiro atoms. The molecule has 0 atom stereocenters. The number of rotatable bonds is 3. The van der Waals surface area contributed by atoms with E-state index in [4.69, 9.17) is 5.73 Å². The van der Waals surface area contributed by atoms with E-state index in [1.807, 2.05) is 0 Å². The molecule has 1 heterocycles. The van der Waals surface area contributed by atoms with Gasteiger partial charge in [0.15, 0.2) is 0 Å². The van der Waals surface area contributed by atoms with Crippen LogP contribution in [0.4, 0.5) is 0 Å². The van der Waals surface area contributed by atoms with E-state index in [1.165, 1.54) is 11.1 Å². The van der Waals surface area contributed by atoms with Gasteiger partial charge in [-0.2, -0.15) is 0 Å². The summed E-state index contributed by atoms with van der Waals surface area (Å²) in [6.45, 7) is 5.57. The molecule has 15 heavy (non-hydrogen) atoms. The Labute approximate surface area is 90.6 Å². The van der Waals surface area contributed by atoms with Crippen molar-refractivity contribution in [3.05, 3.63) is 35.4 Å². The molecule has 1 aromatic carbocycles. The van der Waals surface area contributed by atoms with E-state index < -0.39 is 0 Å². The maximum atomic E-state index is 5.58. The minimum absolute atomic E-state index is 0.685. The Kier molecular flexibility index (Phi) is 3.02. The van der Waals surface area contributed by atoms with Gasteiger partial charge in [-0.3, -0.25) is 4.99 Å². The summed E-state index contributed by atoms with van der Waals surface area (Å²) < 4.78 is 0. The van der Waals surface area contributed by atoms with Crippen molar-refractivity contribution in [2.75, 3.05) is 26.2 Å². The van der Waals surface area contributed by atoms with E-state index in [9.17, 15) is 0 Å². The number of nitrogens with zero attached hydrogens (tertiary/aromatic N) is 2. The first kappa shape index (κ1) is 10.2. The van der Waals surface area contributed by atoms with Crippen LogP contribution in [0.15, 0.2) is 29.3 Å². The van der Waals surface area contributed by atoms with Gasteiger partial charge >= 0.3 is 0 Å². The summed E-state index contributed by atoms with van der Waals surface area (Å²) in [7, 11) is 0. The minimum atomic E-state index is 0.685. The minimum Gasteiger partial charge on any atom is -0.353 e. The van der Waals surface area contributed by atoms with Crippen molar-refractivity contribution in [1.29, 1.82) is 0 Å². The molecule has 3 nitrogen and oxygen atoms in total. The lowest BCUT2D eigenvalue weighted by Gasteiger charge is -2.19. The smallest absolute Gasteiger partial charge is 0.131 e. The van der Waals surface area contributed by atoms with Crippen LogP contribution in [0.5, 0.6) is 0 Å². The molecule has 0 radical (unpaired) electrons. The molecule has 80 valence electrons. The van der Waals surface area contributed by atoms with Crippen LogP contribution in [0, 0.1) is 6.92 Å². The molecule has 0 bridgehead atoms. The molecule has 3 heteroatoms. The van der Waals surface area contributed by atoms with Crippen LogP contribution in [0.1, 0.15) is 11.1 Å². The van der Waals surface area contributed by atoms with Crippen LogP contribution in [-0.2, 0) is 0 Å². The Bertz CT molecular complexity index is 354. The third kappa shape index (κ3) is 2.18. The summed E-state index contributed by atoms with van der Waals surface area (Å²) in [6.07, 6.45) is 0. The molecule has 0 saturated carbocycles. The largest absolute Gasteiger partial charge is 0.353 e. The van der Waals surface area contributed by atoms with E-state index in [2.05, 4.69) is 41.1 Å². The molecule has 0 aromatic heterocycles. The van der Waals surface area contributed by atoms with Gasteiger partial charge in [0.25, 0.3) is 0 Å². The van der Waals surface area contributed by atoms with Crippen LogP contribution < -0.4 is 5.73 Å². The van der Waals surface area contributed by atoms with Crippen LogP contribution in [-0.4, -0.2) is 36.9 Å². The third-order valence-corrected chi connectivity index (χ3v) is 2.64. The molecular weight excluding hydrogens is 186 g/mol. The fraction of sp³-hybridized carbons (Fsp3) is 0.417. The maximum Gasteiger partial charge on any atom is 0.131 e. The highest BCUT2D eigenvalue weighted by Gasteiger charge is 2.16. The second-order valence-corrected chi connectivity index (χ2v) is 3.85. The highest BCUT2D eigenvalue weighted by atomic mass is 15.2. The Morgan fingerprint density at radius 3 is 2.73 bits per heavy atom. The lowest BCUT2D eigenvalue weighted by Crippen LogP contribution is -2.33. The van der Waals surface area contributed by atoms with Gasteiger partial charge in [-0.1, -0.05) is 29.8 Å². The average molecular weight is 203 g/mol. The summed E-state index contributed by atoms with van der Waals surface area (Å²) in [5.74, 6) is 1.10. The third-order valence-electron chi connectivity index (χ3n) is 2.64. The lowest BCUT2D eigenvalue weighted by molar-refractivity contribution is 0.468. The lowest BCUT2D eigenvalue weighted by atomic mass is 10.1. The first-order valence-electron chi connectivity index (χ1n) is 5.38. The quantitative estimate of drug-likeness (QED) is 0.796. The van der Waals surface area contributed by atoms with Crippen molar-refractivity contribution >= 4 is 5.84 Å². The van der Waals surface area contributed by atoms with Crippen LogP contribution in [0.3, 0.4) is 0 Å². The molecule has 0 amide bonds. The second kappa shape index (κ2) is 4.45. The molecule has 2 rings (SSSR count). The molecule has 0 unspecified atom stereocenters. The Morgan fingerprint density at radius 2 is 2.07 bits per heavy atom. The summed E-state index contributed by atoms with van der Waals surface area (Å²) in [4.78, 5) is 6.78. The summed E-state index contributed by atoms with van der Waals surface area (Å²) >= 11 is 0. The molecule has 0 aliphatic carbocycles. The van der Waals surface area contributed by atoms with Gasteiger partial charge < -0.3 is 10.6 Å². The number of amidine groups is 1. The first-order valence-corrected chi connectivity index (χ1v) is 5.38. The zero-order valence-corrected chi connectivity index (χ0v) is 9.11. The van der Waals surface area contributed by atoms with E-state index in [1.54, 1.807) is 0 Å². The van der Waals surface area contributed by atoms with E-state index in [0.29, 0.717) is 6.54 Å².